The second-order valence-corrected chi connectivity index (χ2v) is 6.04. The summed E-state index contributed by atoms with van der Waals surface area (Å²) in [4.78, 5) is 26.0. The Morgan fingerprint density at radius 3 is 2.86 bits per heavy atom. The van der Waals surface area contributed by atoms with Gasteiger partial charge in [0.05, 0.1) is 12.0 Å². The summed E-state index contributed by atoms with van der Waals surface area (Å²) >= 11 is 0. The van der Waals surface area contributed by atoms with Gasteiger partial charge in [0.15, 0.2) is 0 Å². The van der Waals surface area contributed by atoms with E-state index in [-0.39, 0.29) is 23.8 Å². The van der Waals surface area contributed by atoms with Crippen LogP contribution < -0.4 is 5.32 Å². The molecule has 2 fully saturated rings. The van der Waals surface area contributed by atoms with Crippen LogP contribution in [-0.4, -0.2) is 42.5 Å². The zero-order valence-electron chi connectivity index (χ0n) is 12.7. The Bertz CT molecular complexity index is 526. The van der Waals surface area contributed by atoms with Crippen LogP contribution in [0.3, 0.4) is 0 Å². The summed E-state index contributed by atoms with van der Waals surface area (Å²) in [7, 11) is 0. The van der Waals surface area contributed by atoms with Crippen molar-refractivity contribution in [1.82, 2.24) is 10.2 Å². The average molecular weight is 302 g/mol. The molecule has 0 spiro atoms. The molecule has 2 aliphatic rings. The fourth-order valence-corrected chi connectivity index (χ4v) is 3.07. The van der Waals surface area contributed by atoms with Gasteiger partial charge in [-0.05, 0) is 18.4 Å². The maximum Gasteiger partial charge on any atom is 0.225 e. The minimum absolute atomic E-state index is 0.0283. The summed E-state index contributed by atoms with van der Waals surface area (Å²) in [6.07, 6.45) is 2.52. The third-order valence-electron chi connectivity index (χ3n) is 4.33. The highest BCUT2D eigenvalue weighted by molar-refractivity contribution is 5.89. The normalized spacial score (nSPS) is 24.7. The van der Waals surface area contributed by atoms with Gasteiger partial charge in [-0.25, -0.2) is 0 Å². The number of carbonyl (C=O) groups is 2. The Labute approximate surface area is 130 Å². The van der Waals surface area contributed by atoms with Gasteiger partial charge in [-0.1, -0.05) is 30.3 Å². The van der Waals surface area contributed by atoms with E-state index in [1.165, 1.54) is 0 Å². The van der Waals surface area contributed by atoms with Crippen molar-refractivity contribution in [3.8, 4) is 0 Å². The number of carbonyl (C=O) groups excluding carboxylic acids is 2. The number of nitrogens with zero attached hydrogens (tertiary/aromatic N) is 1. The Morgan fingerprint density at radius 2 is 2.14 bits per heavy atom. The average Bonchev–Trinajstić information content (AvgIpc) is 3.16. The molecule has 0 unspecified atom stereocenters. The largest absolute Gasteiger partial charge is 0.376 e. The molecule has 5 heteroatoms. The number of rotatable bonds is 5. The van der Waals surface area contributed by atoms with Crippen LogP contribution >= 0.6 is 0 Å². The van der Waals surface area contributed by atoms with Crippen LogP contribution in [0, 0.1) is 5.92 Å². The van der Waals surface area contributed by atoms with Gasteiger partial charge < -0.3 is 15.0 Å². The van der Waals surface area contributed by atoms with Gasteiger partial charge in [-0.3, -0.25) is 9.59 Å². The lowest BCUT2D eigenvalue weighted by molar-refractivity contribution is -0.129. The molecule has 0 aromatic heterocycles. The first-order valence-electron chi connectivity index (χ1n) is 7.93. The maximum absolute atomic E-state index is 12.2. The van der Waals surface area contributed by atoms with Gasteiger partial charge in [-0.15, -0.1) is 0 Å². The lowest BCUT2D eigenvalue weighted by atomic mass is 10.1. The van der Waals surface area contributed by atoms with Crippen LogP contribution in [0.1, 0.15) is 24.8 Å². The van der Waals surface area contributed by atoms with Gasteiger partial charge in [0.25, 0.3) is 0 Å². The fraction of sp³-hybridized carbons (Fsp3) is 0.529. The van der Waals surface area contributed by atoms with E-state index in [0.717, 1.165) is 25.0 Å². The number of likely N-dealkylation sites (tertiary alicyclic amines) is 1. The molecule has 3 rings (SSSR count). The number of ether oxygens (including phenoxy) is 1. The molecule has 1 N–H and O–H groups in total. The minimum Gasteiger partial charge on any atom is -0.376 e. The van der Waals surface area contributed by atoms with Crippen molar-refractivity contribution in [3.63, 3.8) is 0 Å². The van der Waals surface area contributed by atoms with Gasteiger partial charge in [-0.2, -0.15) is 0 Å². The summed E-state index contributed by atoms with van der Waals surface area (Å²) in [5.41, 5.74) is 1.09. The van der Waals surface area contributed by atoms with Crippen LogP contribution in [-0.2, 0) is 20.9 Å². The van der Waals surface area contributed by atoms with Crippen LogP contribution in [0.4, 0.5) is 0 Å². The van der Waals surface area contributed by atoms with Crippen LogP contribution in [0.5, 0.6) is 0 Å². The standard InChI is InChI=1S/C17H22N2O3/c20-16-9-14(17(21)18-10-15-7-4-8-22-15)12-19(16)11-13-5-2-1-3-6-13/h1-3,5-6,14-15H,4,7-12H2,(H,18,21)/t14-,15+/m1/s1. The minimum atomic E-state index is -0.238. The summed E-state index contributed by atoms with van der Waals surface area (Å²) in [5.74, 6) is -0.210. The highest BCUT2D eigenvalue weighted by Gasteiger charge is 2.34. The molecule has 2 atom stereocenters. The van der Waals surface area contributed by atoms with Crippen molar-refractivity contribution in [3.05, 3.63) is 35.9 Å². The molecule has 1 aromatic rings. The lowest BCUT2D eigenvalue weighted by Crippen LogP contribution is -2.37. The van der Waals surface area contributed by atoms with Crippen molar-refractivity contribution in [2.24, 2.45) is 5.92 Å². The van der Waals surface area contributed by atoms with Crippen molar-refractivity contribution in [2.45, 2.75) is 31.9 Å². The van der Waals surface area contributed by atoms with E-state index >= 15 is 0 Å². The molecule has 2 saturated heterocycles. The molecule has 0 aliphatic carbocycles. The molecule has 0 bridgehead atoms. The van der Waals surface area contributed by atoms with E-state index in [4.69, 9.17) is 4.74 Å². The molecule has 0 radical (unpaired) electrons. The van der Waals surface area contributed by atoms with Crippen LogP contribution in [0.25, 0.3) is 0 Å². The van der Waals surface area contributed by atoms with Crippen LogP contribution in [0.2, 0.25) is 0 Å². The molecule has 0 saturated carbocycles. The predicted molar refractivity (Wildman–Crippen MR) is 81.9 cm³/mol. The summed E-state index contributed by atoms with van der Waals surface area (Å²) < 4.78 is 5.50. The van der Waals surface area contributed by atoms with E-state index in [9.17, 15) is 9.59 Å². The fourth-order valence-electron chi connectivity index (χ4n) is 3.07. The zero-order chi connectivity index (χ0) is 15.4. The third kappa shape index (κ3) is 3.65. The molecule has 2 aliphatic heterocycles. The van der Waals surface area contributed by atoms with E-state index in [2.05, 4.69) is 5.32 Å². The highest BCUT2D eigenvalue weighted by atomic mass is 16.5. The topological polar surface area (TPSA) is 58.6 Å². The smallest absolute Gasteiger partial charge is 0.225 e. The van der Waals surface area contributed by atoms with Gasteiger partial charge in [0.1, 0.15) is 0 Å². The first-order valence-corrected chi connectivity index (χ1v) is 7.93. The Morgan fingerprint density at radius 1 is 1.32 bits per heavy atom. The van der Waals surface area contributed by atoms with E-state index in [1.807, 2.05) is 30.3 Å². The van der Waals surface area contributed by atoms with E-state index < -0.39 is 0 Å². The van der Waals surface area contributed by atoms with Gasteiger partial charge in [0.2, 0.25) is 11.8 Å². The monoisotopic (exact) mass is 302 g/mol. The Kier molecular flexibility index (Phi) is 4.73. The molecule has 2 amide bonds. The Balaban J connectivity index is 1.49. The molecule has 1 aromatic carbocycles. The third-order valence-corrected chi connectivity index (χ3v) is 4.33. The number of amides is 2. The van der Waals surface area contributed by atoms with Crippen molar-refractivity contribution >= 4 is 11.8 Å². The molecule has 2 heterocycles. The zero-order valence-corrected chi connectivity index (χ0v) is 12.7. The van der Waals surface area contributed by atoms with E-state index in [1.54, 1.807) is 4.90 Å². The number of nitrogens with one attached hydrogen (secondary N) is 1. The van der Waals surface area contributed by atoms with E-state index in [0.29, 0.717) is 26.1 Å². The first kappa shape index (κ1) is 15.0. The quantitative estimate of drug-likeness (QED) is 0.893. The second kappa shape index (κ2) is 6.92. The number of benzene rings is 1. The molecular weight excluding hydrogens is 280 g/mol. The highest BCUT2D eigenvalue weighted by Crippen LogP contribution is 2.20. The molecule has 118 valence electrons. The maximum atomic E-state index is 12.2. The number of hydrogen-bond donors (Lipinski definition) is 1. The van der Waals surface area contributed by atoms with Crippen molar-refractivity contribution < 1.29 is 14.3 Å². The van der Waals surface area contributed by atoms with Crippen molar-refractivity contribution in [1.29, 1.82) is 0 Å². The summed E-state index contributed by atoms with van der Waals surface area (Å²) in [5, 5.41) is 2.93. The molecule has 5 nitrogen and oxygen atoms in total. The first-order chi connectivity index (χ1) is 10.7. The second-order valence-electron chi connectivity index (χ2n) is 6.04. The lowest BCUT2D eigenvalue weighted by Gasteiger charge is -2.17. The molecular formula is C17H22N2O3. The molecule has 22 heavy (non-hydrogen) atoms. The Hall–Kier alpha value is -1.88. The van der Waals surface area contributed by atoms with Crippen molar-refractivity contribution in [2.75, 3.05) is 19.7 Å². The van der Waals surface area contributed by atoms with Gasteiger partial charge in [0, 0.05) is 32.7 Å². The van der Waals surface area contributed by atoms with Gasteiger partial charge >= 0.3 is 0 Å². The predicted octanol–water partition coefficient (Wildman–Crippen LogP) is 1.33. The number of hydrogen-bond acceptors (Lipinski definition) is 3. The van der Waals surface area contributed by atoms with Crippen LogP contribution in [0.15, 0.2) is 30.3 Å². The summed E-state index contributed by atoms with van der Waals surface area (Å²) in [6, 6.07) is 9.87. The summed E-state index contributed by atoms with van der Waals surface area (Å²) in [6.45, 7) is 2.43. The SMILES string of the molecule is O=C(NC[C@@H]1CCCO1)[C@@H]1CC(=O)N(Cc2ccccc2)C1.